The standard InChI is InChI=1S/2C33H51FN2O4Si/c2*1-22(37)36-21-33(14-15-35(20-33)30(38)18-23-10-8-9-11-28(23)34)31-26-13-12-25(39-5)16-24(26)17-27(31)29(36)19-40-41(6,7)32(2,3)4/h2*8-11,24-27,29,31H,12-21H2,1-7H3/t24?,25?,26?,27?,29-,31?,33+;24?,25?,26?,27?,29-,31?,33-/m00/s1. The topological polar surface area (TPSA) is 118 Å². The molecular formula is C66H102F2N4O8Si2. The summed E-state index contributed by atoms with van der Waals surface area (Å²) in [5.74, 6) is 3.43. The van der Waals surface area contributed by atoms with E-state index in [9.17, 15) is 28.0 Å². The van der Waals surface area contributed by atoms with Gasteiger partial charge in [0.25, 0.3) is 0 Å². The molecule has 82 heavy (non-hydrogen) atoms. The lowest BCUT2D eigenvalue weighted by molar-refractivity contribution is -0.147. The largest absolute Gasteiger partial charge is 0.415 e. The van der Waals surface area contributed by atoms with E-state index in [2.05, 4.69) is 77.5 Å². The molecule has 4 saturated carbocycles. The van der Waals surface area contributed by atoms with E-state index < -0.39 is 16.6 Å². The summed E-state index contributed by atoms with van der Waals surface area (Å²) in [5, 5.41) is 0.201. The molecule has 2 spiro atoms. The number of piperidine rings is 2. The number of amides is 4. The molecular weight excluding hydrogens is 1070 g/mol. The molecule has 4 heterocycles. The van der Waals surface area contributed by atoms with Crippen LogP contribution in [0.25, 0.3) is 0 Å². The summed E-state index contributed by atoms with van der Waals surface area (Å²) >= 11 is 0. The highest BCUT2D eigenvalue weighted by Crippen LogP contribution is 2.64. The van der Waals surface area contributed by atoms with E-state index in [0.717, 1.165) is 64.2 Å². The first kappa shape index (κ1) is 63.0. The first-order valence-electron chi connectivity index (χ1n) is 31.4. The van der Waals surface area contributed by atoms with E-state index in [-0.39, 0.29) is 81.1 Å². The monoisotopic (exact) mass is 1170 g/mol. The van der Waals surface area contributed by atoms with Gasteiger partial charge in [0.15, 0.2) is 16.6 Å². The summed E-state index contributed by atoms with van der Waals surface area (Å²) in [4.78, 5) is 61.7. The average molecular weight is 1170 g/mol. The van der Waals surface area contributed by atoms with E-state index in [1.807, 2.05) is 24.0 Å². The van der Waals surface area contributed by atoms with Gasteiger partial charge in [0.2, 0.25) is 23.6 Å². The number of ether oxygens (including phenoxy) is 2. The lowest BCUT2D eigenvalue weighted by atomic mass is 9.60. The maximum absolute atomic E-state index is 14.4. The predicted molar refractivity (Wildman–Crippen MR) is 323 cm³/mol. The minimum absolute atomic E-state index is 0.0149. The van der Waals surface area contributed by atoms with E-state index in [0.29, 0.717) is 123 Å². The Balaban J connectivity index is 0.000000198. The number of carbonyl (C=O) groups excluding carboxylic acids is 4. The molecule has 0 N–H and O–H groups in total. The third-order valence-corrected chi connectivity index (χ3v) is 32.5. The molecule has 0 bridgehead atoms. The van der Waals surface area contributed by atoms with E-state index in [1.54, 1.807) is 50.2 Å². The van der Waals surface area contributed by atoms with Crippen LogP contribution in [0.2, 0.25) is 36.3 Å². The molecule has 2 aromatic carbocycles. The molecule has 2 aromatic rings. The summed E-state index contributed by atoms with van der Waals surface area (Å²) in [7, 11) is -0.341. The van der Waals surface area contributed by atoms with Gasteiger partial charge in [-0.3, -0.25) is 19.2 Å². The molecule has 10 unspecified atom stereocenters. The van der Waals surface area contributed by atoms with Crippen molar-refractivity contribution in [3.8, 4) is 0 Å². The Hall–Kier alpha value is -3.55. The van der Waals surface area contributed by atoms with E-state index >= 15 is 0 Å². The highest BCUT2D eigenvalue weighted by molar-refractivity contribution is 6.74. The molecule has 8 aliphatic rings. The fourth-order valence-corrected chi connectivity index (χ4v) is 19.3. The predicted octanol–water partition coefficient (Wildman–Crippen LogP) is 11.8. The fraction of sp³-hybridized carbons (Fsp3) is 0.758. The molecule has 0 radical (unpaired) electrons. The van der Waals surface area contributed by atoms with Gasteiger partial charge in [0.1, 0.15) is 11.6 Å². The minimum atomic E-state index is -2.00. The summed E-state index contributed by atoms with van der Waals surface area (Å²) in [6.45, 7) is 31.3. The van der Waals surface area contributed by atoms with Crippen LogP contribution in [0.5, 0.6) is 0 Å². The van der Waals surface area contributed by atoms with Crippen LogP contribution in [0.1, 0.15) is 131 Å². The van der Waals surface area contributed by atoms with Crippen molar-refractivity contribution < 1.29 is 46.3 Å². The van der Waals surface area contributed by atoms with Gasteiger partial charge >= 0.3 is 0 Å². The Labute approximate surface area is 493 Å². The number of benzene rings is 2. The fourth-order valence-electron chi connectivity index (χ4n) is 17.2. The maximum atomic E-state index is 14.4. The molecule has 4 aliphatic carbocycles. The molecule has 10 rings (SSSR count). The summed E-state index contributed by atoms with van der Waals surface area (Å²) in [5.41, 5.74) is 0.640. The van der Waals surface area contributed by atoms with Gasteiger partial charge in [-0.2, -0.15) is 0 Å². The van der Waals surface area contributed by atoms with Gasteiger partial charge in [0.05, 0.1) is 50.3 Å². The van der Waals surface area contributed by atoms with Crippen LogP contribution in [0.3, 0.4) is 0 Å². The zero-order chi connectivity index (χ0) is 59.5. The molecule has 4 amide bonds. The van der Waals surface area contributed by atoms with Crippen LogP contribution in [0, 0.1) is 69.8 Å². The van der Waals surface area contributed by atoms with Crippen molar-refractivity contribution in [2.45, 2.75) is 193 Å². The molecule has 8 fully saturated rings. The third kappa shape index (κ3) is 12.5. The van der Waals surface area contributed by atoms with Crippen LogP contribution >= 0.6 is 0 Å². The highest BCUT2D eigenvalue weighted by atomic mass is 28.4. The number of hydrogen-bond donors (Lipinski definition) is 0. The number of fused-ring (bicyclic) bond motifs is 8. The molecule has 456 valence electrons. The smallest absolute Gasteiger partial charge is 0.227 e. The molecule has 14 atom stereocenters. The van der Waals surface area contributed by atoms with E-state index in [1.165, 1.54) is 12.1 Å². The molecule has 0 aromatic heterocycles. The first-order valence-corrected chi connectivity index (χ1v) is 37.2. The Bertz CT molecular complexity index is 2450. The van der Waals surface area contributed by atoms with Crippen molar-refractivity contribution in [1.29, 1.82) is 0 Å². The Morgan fingerprint density at radius 1 is 0.549 bits per heavy atom. The van der Waals surface area contributed by atoms with Gasteiger partial charge in [0, 0.05) is 78.2 Å². The van der Waals surface area contributed by atoms with Crippen LogP contribution in [-0.2, 0) is 50.3 Å². The number of carbonyl (C=O) groups is 4. The van der Waals surface area contributed by atoms with Gasteiger partial charge in [-0.25, -0.2) is 8.78 Å². The zero-order valence-electron chi connectivity index (χ0n) is 52.5. The Morgan fingerprint density at radius 2 is 0.915 bits per heavy atom. The first-order chi connectivity index (χ1) is 38.5. The summed E-state index contributed by atoms with van der Waals surface area (Å²) < 4.78 is 54.1. The van der Waals surface area contributed by atoms with Crippen molar-refractivity contribution >= 4 is 40.3 Å². The lowest BCUT2D eigenvalue weighted by Gasteiger charge is -2.55. The van der Waals surface area contributed by atoms with Crippen LogP contribution in [0.15, 0.2) is 48.5 Å². The second kappa shape index (κ2) is 24.3. The van der Waals surface area contributed by atoms with Crippen molar-refractivity contribution in [2.24, 2.45) is 58.2 Å². The average Bonchev–Trinajstić information content (AvgIpc) is 2.88. The summed E-state index contributed by atoms with van der Waals surface area (Å²) in [6.07, 6.45) is 11.4. The normalized spacial score (nSPS) is 33.7. The number of halogens is 2. The van der Waals surface area contributed by atoms with Crippen LogP contribution in [0.4, 0.5) is 8.78 Å². The van der Waals surface area contributed by atoms with Crippen molar-refractivity contribution in [2.75, 3.05) is 66.7 Å². The maximum Gasteiger partial charge on any atom is 0.227 e. The van der Waals surface area contributed by atoms with Gasteiger partial charge < -0.3 is 37.9 Å². The second-order valence-corrected chi connectivity index (χ2v) is 39.6. The van der Waals surface area contributed by atoms with Gasteiger partial charge in [-0.1, -0.05) is 77.9 Å². The molecule has 12 nitrogen and oxygen atoms in total. The van der Waals surface area contributed by atoms with Crippen LogP contribution < -0.4 is 0 Å². The van der Waals surface area contributed by atoms with Crippen LogP contribution in [-0.4, -0.2) is 151 Å². The highest BCUT2D eigenvalue weighted by Gasteiger charge is 2.65. The third-order valence-electron chi connectivity index (χ3n) is 23.5. The second-order valence-electron chi connectivity index (χ2n) is 30.0. The number of methoxy groups -OCH3 is 2. The van der Waals surface area contributed by atoms with Gasteiger partial charge in [-0.15, -0.1) is 0 Å². The Morgan fingerprint density at radius 3 is 1.24 bits per heavy atom. The quantitative estimate of drug-likeness (QED) is 0.193. The number of hydrogen-bond acceptors (Lipinski definition) is 8. The SMILES string of the molecule is COC1CCC2C(C1)CC1C2[C@@]2(CCN(C(=O)Cc3ccccc3F)C2)CN(C(C)=O)[C@H]1CO[Si](C)(C)C(C)(C)C.COC1CCC2C(C1)CC1C2[C@]2(CCN(C(=O)Cc3ccccc3F)C2)CN(C(C)=O)[C@H]1CO[Si](C)(C)C(C)(C)C. The molecule has 4 saturated heterocycles. The number of nitrogens with zero attached hydrogens (tertiary/aromatic N) is 4. The number of likely N-dealkylation sites (tertiary alicyclic amines) is 4. The lowest BCUT2D eigenvalue weighted by Crippen LogP contribution is -2.62. The van der Waals surface area contributed by atoms with Crippen molar-refractivity contribution in [1.82, 2.24) is 19.6 Å². The molecule has 4 aliphatic heterocycles. The van der Waals surface area contributed by atoms with Crippen molar-refractivity contribution in [3.05, 3.63) is 71.3 Å². The number of rotatable bonds is 12. The van der Waals surface area contributed by atoms with Crippen molar-refractivity contribution in [3.63, 3.8) is 0 Å². The minimum Gasteiger partial charge on any atom is -0.415 e. The van der Waals surface area contributed by atoms with Gasteiger partial charge in [-0.05, 0) is 171 Å². The van der Waals surface area contributed by atoms with E-state index in [4.69, 9.17) is 18.3 Å². The molecule has 16 heteroatoms. The zero-order valence-corrected chi connectivity index (χ0v) is 54.5. The summed E-state index contributed by atoms with van der Waals surface area (Å²) in [6, 6.07) is 13.3. The Kier molecular flexibility index (Phi) is 18.7.